The molecular formula is C16H15ClFNO. The van der Waals surface area contributed by atoms with Gasteiger partial charge in [0.2, 0.25) is 0 Å². The number of carbonyl (C=O) groups excluding carboxylic acids is 1. The zero-order valence-electron chi connectivity index (χ0n) is 11.3. The van der Waals surface area contributed by atoms with E-state index in [1.807, 2.05) is 25.1 Å². The molecule has 0 heterocycles. The molecule has 0 saturated heterocycles. The number of hydrogen-bond acceptors (Lipinski definition) is 1. The highest BCUT2D eigenvalue weighted by molar-refractivity contribution is 6.30. The Kier molecular flexibility index (Phi) is 4.40. The fourth-order valence-electron chi connectivity index (χ4n) is 1.96. The topological polar surface area (TPSA) is 20.3 Å². The summed E-state index contributed by atoms with van der Waals surface area (Å²) in [4.78, 5) is 13.9. The molecule has 104 valence electrons. The van der Waals surface area contributed by atoms with Crippen molar-refractivity contribution in [2.24, 2.45) is 0 Å². The van der Waals surface area contributed by atoms with Crippen LogP contribution in [-0.4, -0.2) is 17.9 Å². The van der Waals surface area contributed by atoms with Crippen molar-refractivity contribution >= 4 is 17.5 Å². The van der Waals surface area contributed by atoms with Crippen molar-refractivity contribution in [3.63, 3.8) is 0 Å². The van der Waals surface area contributed by atoms with Crippen LogP contribution in [0.15, 0.2) is 48.5 Å². The van der Waals surface area contributed by atoms with Gasteiger partial charge in [0.05, 0.1) is 6.04 Å². The van der Waals surface area contributed by atoms with Gasteiger partial charge in [0, 0.05) is 17.6 Å². The molecule has 0 saturated carbocycles. The standard InChI is InChI=1S/C16H15ClFNO/c1-11(13-4-3-5-14(17)10-13)19(2)16(20)12-6-8-15(18)9-7-12/h3-11H,1-2H3. The molecule has 0 bridgehead atoms. The molecule has 0 N–H and O–H groups in total. The van der Waals surface area contributed by atoms with Gasteiger partial charge in [-0.15, -0.1) is 0 Å². The van der Waals surface area contributed by atoms with Gasteiger partial charge in [-0.2, -0.15) is 0 Å². The Morgan fingerprint density at radius 2 is 1.85 bits per heavy atom. The molecule has 0 aromatic heterocycles. The molecule has 2 nitrogen and oxygen atoms in total. The lowest BCUT2D eigenvalue weighted by Crippen LogP contribution is -2.29. The second-order valence-electron chi connectivity index (χ2n) is 4.65. The van der Waals surface area contributed by atoms with Gasteiger partial charge in [0.25, 0.3) is 5.91 Å². The molecular weight excluding hydrogens is 277 g/mol. The summed E-state index contributed by atoms with van der Waals surface area (Å²) in [6.45, 7) is 1.92. The van der Waals surface area contributed by atoms with Crippen LogP contribution < -0.4 is 0 Å². The van der Waals surface area contributed by atoms with E-state index in [-0.39, 0.29) is 17.8 Å². The number of amides is 1. The van der Waals surface area contributed by atoms with E-state index in [1.165, 1.54) is 24.3 Å². The van der Waals surface area contributed by atoms with Crippen molar-refractivity contribution in [2.45, 2.75) is 13.0 Å². The van der Waals surface area contributed by atoms with Gasteiger partial charge in [0.15, 0.2) is 0 Å². The first-order valence-electron chi connectivity index (χ1n) is 6.27. The maximum Gasteiger partial charge on any atom is 0.254 e. The van der Waals surface area contributed by atoms with Gasteiger partial charge < -0.3 is 4.90 Å². The Labute approximate surface area is 122 Å². The van der Waals surface area contributed by atoms with Gasteiger partial charge >= 0.3 is 0 Å². The third-order valence-corrected chi connectivity index (χ3v) is 3.56. The van der Waals surface area contributed by atoms with Crippen LogP contribution in [0.1, 0.15) is 28.9 Å². The summed E-state index contributed by atoms with van der Waals surface area (Å²) in [7, 11) is 1.72. The molecule has 2 rings (SSSR count). The number of nitrogens with zero attached hydrogens (tertiary/aromatic N) is 1. The molecule has 0 spiro atoms. The number of carbonyl (C=O) groups is 1. The summed E-state index contributed by atoms with van der Waals surface area (Å²) in [5.74, 6) is -0.510. The van der Waals surface area contributed by atoms with E-state index < -0.39 is 0 Å². The quantitative estimate of drug-likeness (QED) is 0.825. The van der Waals surface area contributed by atoms with Crippen molar-refractivity contribution in [3.05, 3.63) is 70.5 Å². The Morgan fingerprint density at radius 1 is 1.20 bits per heavy atom. The van der Waals surface area contributed by atoms with Gasteiger partial charge in [-0.1, -0.05) is 23.7 Å². The minimum Gasteiger partial charge on any atom is -0.335 e. The summed E-state index contributed by atoms with van der Waals surface area (Å²) < 4.78 is 12.9. The fourth-order valence-corrected chi connectivity index (χ4v) is 2.16. The third kappa shape index (κ3) is 3.17. The molecule has 2 aromatic rings. The Bertz CT molecular complexity index is 612. The molecule has 0 aliphatic rings. The smallest absolute Gasteiger partial charge is 0.254 e. The molecule has 0 aliphatic heterocycles. The average molecular weight is 292 g/mol. The second-order valence-corrected chi connectivity index (χ2v) is 5.09. The van der Waals surface area contributed by atoms with Crippen LogP contribution >= 0.6 is 11.6 Å². The van der Waals surface area contributed by atoms with Gasteiger partial charge in [-0.05, 0) is 48.9 Å². The van der Waals surface area contributed by atoms with Crippen LogP contribution in [0.2, 0.25) is 5.02 Å². The maximum absolute atomic E-state index is 12.9. The fraction of sp³-hybridized carbons (Fsp3) is 0.188. The van der Waals surface area contributed by atoms with Gasteiger partial charge in [-0.3, -0.25) is 4.79 Å². The van der Waals surface area contributed by atoms with Crippen LogP contribution in [0.5, 0.6) is 0 Å². The summed E-state index contributed by atoms with van der Waals surface area (Å²) in [5.41, 5.74) is 1.42. The van der Waals surface area contributed by atoms with Crippen LogP contribution in [0, 0.1) is 5.82 Å². The summed E-state index contributed by atoms with van der Waals surface area (Å²) >= 11 is 5.96. The second kappa shape index (κ2) is 6.06. The van der Waals surface area contributed by atoms with E-state index >= 15 is 0 Å². The van der Waals surface area contributed by atoms with Gasteiger partial charge in [-0.25, -0.2) is 4.39 Å². The van der Waals surface area contributed by atoms with Crippen molar-refractivity contribution in [1.29, 1.82) is 0 Å². The Hall–Kier alpha value is -1.87. The zero-order valence-corrected chi connectivity index (χ0v) is 12.1. The first-order valence-corrected chi connectivity index (χ1v) is 6.65. The SMILES string of the molecule is CC(c1cccc(Cl)c1)N(C)C(=O)c1ccc(F)cc1. The van der Waals surface area contributed by atoms with Crippen molar-refractivity contribution in [1.82, 2.24) is 4.90 Å². The minimum atomic E-state index is -0.355. The normalized spacial score (nSPS) is 12.0. The number of hydrogen-bond donors (Lipinski definition) is 0. The highest BCUT2D eigenvalue weighted by atomic mass is 35.5. The average Bonchev–Trinajstić information content (AvgIpc) is 2.46. The molecule has 0 fully saturated rings. The molecule has 1 unspecified atom stereocenters. The Morgan fingerprint density at radius 3 is 2.45 bits per heavy atom. The van der Waals surface area contributed by atoms with Crippen molar-refractivity contribution in [3.8, 4) is 0 Å². The van der Waals surface area contributed by atoms with E-state index in [0.717, 1.165) is 5.56 Å². The zero-order chi connectivity index (χ0) is 14.7. The first-order chi connectivity index (χ1) is 9.49. The predicted molar refractivity (Wildman–Crippen MR) is 78.4 cm³/mol. The lowest BCUT2D eigenvalue weighted by Gasteiger charge is -2.25. The number of rotatable bonds is 3. The summed E-state index contributed by atoms with van der Waals surface area (Å²) in [6, 6.07) is 12.8. The van der Waals surface area contributed by atoms with Gasteiger partial charge in [0.1, 0.15) is 5.82 Å². The predicted octanol–water partition coefficient (Wildman–Crippen LogP) is 4.31. The third-order valence-electron chi connectivity index (χ3n) is 3.32. The molecule has 0 aliphatic carbocycles. The van der Waals surface area contributed by atoms with Crippen LogP contribution in [-0.2, 0) is 0 Å². The van der Waals surface area contributed by atoms with E-state index in [1.54, 1.807) is 18.0 Å². The lowest BCUT2D eigenvalue weighted by molar-refractivity contribution is 0.0742. The molecule has 4 heteroatoms. The summed E-state index contributed by atoms with van der Waals surface area (Å²) in [6.07, 6.45) is 0. The van der Waals surface area contributed by atoms with Crippen LogP contribution in [0.25, 0.3) is 0 Å². The number of halogens is 2. The van der Waals surface area contributed by atoms with Crippen LogP contribution in [0.4, 0.5) is 4.39 Å². The molecule has 0 radical (unpaired) electrons. The van der Waals surface area contributed by atoms with Crippen LogP contribution in [0.3, 0.4) is 0 Å². The first kappa shape index (κ1) is 14.5. The lowest BCUT2D eigenvalue weighted by atomic mass is 10.1. The monoisotopic (exact) mass is 291 g/mol. The highest BCUT2D eigenvalue weighted by Gasteiger charge is 2.19. The molecule has 1 amide bonds. The minimum absolute atomic E-state index is 0.119. The largest absolute Gasteiger partial charge is 0.335 e. The van der Waals surface area contributed by atoms with Crippen molar-refractivity contribution in [2.75, 3.05) is 7.05 Å². The van der Waals surface area contributed by atoms with Crippen molar-refractivity contribution < 1.29 is 9.18 Å². The molecule has 1 atom stereocenters. The number of benzene rings is 2. The Balaban J connectivity index is 2.20. The molecule has 20 heavy (non-hydrogen) atoms. The van der Waals surface area contributed by atoms with E-state index in [0.29, 0.717) is 10.6 Å². The highest BCUT2D eigenvalue weighted by Crippen LogP contribution is 2.23. The van der Waals surface area contributed by atoms with E-state index in [4.69, 9.17) is 11.6 Å². The summed E-state index contributed by atoms with van der Waals surface area (Å²) in [5, 5.41) is 0.636. The molecule has 2 aromatic carbocycles. The van der Waals surface area contributed by atoms with E-state index in [2.05, 4.69) is 0 Å². The maximum atomic E-state index is 12.9. The van der Waals surface area contributed by atoms with E-state index in [9.17, 15) is 9.18 Å².